The summed E-state index contributed by atoms with van der Waals surface area (Å²) in [6.45, 7) is 1.73. The Balaban J connectivity index is 1.88. The molecule has 0 bridgehead atoms. The molecule has 1 aromatic carbocycles. The lowest BCUT2D eigenvalue weighted by molar-refractivity contribution is 0.226. The number of hydrogen-bond acceptors (Lipinski definition) is 5. The minimum Gasteiger partial charge on any atom is -0.484 e. The molecule has 2 aromatic heterocycles. The third-order valence-corrected chi connectivity index (χ3v) is 4.23. The van der Waals surface area contributed by atoms with Gasteiger partial charge in [0, 0.05) is 40.3 Å². The van der Waals surface area contributed by atoms with Crippen LogP contribution in [0.15, 0.2) is 43.0 Å². The second-order valence-electron chi connectivity index (χ2n) is 5.26. The Hall–Kier alpha value is -2.44. The van der Waals surface area contributed by atoms with Crippen molar-refractivity contribution in [1.29, 1.82) is 0 Å². The molecule has 0 saturated heterocycles. The molecule has 0 unspecified atom stereocenters. The zero-order valence-corrected chi connectivity index (χ0v) is 14.6. The van der Waals surface area contributed by atoms with Crippen molar-refractivity contribution in [3.63, 3.8) is 0 Å². The molecular weight excluding hydrogens is 366 g/mol. The molecule has 0 saturated carbocycles. The molecule has 0 amide bonds. The second-order valence-corrected chi connectivity index (χ2v) is 6.04. The minimum atomic E-state index is -0.574. The molecular formula is C17H13Cl2FN4O. The zero-order chi connectivity index (χ0) is 18.0. The van der Waals surface area contributed by atoms with Crippen molar-refractivity contribution in [2.45, 2.75) is 13.0 Å². The summed E-state index contributed by atoms with van der Waals surface area (Å²) in [7, 11) is 0. The number of nitrogen functional groups attached to an aromatic ring is 1. The maximum Gasteiger partial charge on any atom is 0.219 e. The summed E-state index contributed by atoms with van der Waals surface area (Å²) in [5.41, 5.74) is 7.36. The van der Waals surface area contributed by atoms with Gasteiger partial charge in [-0.15, -0.1) is 0 Å². The van der Waals surface area contributed by atoms with Gasteiger partial charge in [-0.2, -0.15) is 0 Å². The van der Waals surface area contributed by atoms with E-state index < -0.39 is 11.9 Å². The second kappa shape index (κ2) is 7.21. The van der Waals surface area contributed by atoms with Crippen molar-refractivity contribution in [2.75, 3.05) is 5.73 Å². The van der Waals surface area contributed by atoms with Crippen LogP contribution in [-0.2, 0) is 0 Å². The van der Waals surface area contributed by atoms with E-state index in [-0.39, 0.29) is 11.0 Å². The van der Waals surface area contributed by atoms with Gasteiger partial charge in [0.25, 0.3) is 0 Å². The van der Waals surface area contributed by atoms with Crippen molar-refractivity contribution < 1.29 is 9.13 Å². The molecule has 0 aliphatic rings. The van der Waals surface area contributed by atoms with Crippen molar-refractivity contribution in [2.24, 2.45) is 0 Å². The fraction of sp³-hybridized carbons (Fsp3) is 0.118. The highest BCUT2D eigenvalue weighted by atomic mass is 35.5. The molecule has 0 fully saturated rings. The van der Waals surface area contributed by atoms with Crippen LogP contribution in [0.4, 0.5) is 10.3 Å². The molecule has 128 valence electrons. The number of halogens is 3. The maximum atomic E-state index is 13.7. The Morgan fingerprint density at radius 2 is 1.80 bits per heavy atom. The monoisotopic (exact) mass is 378 g/mol. The van der Waals surface area contributed by atoms with E-state index in [1.165, 1.54) is 12.1 Å². The molecule has 2 heterocycles. The van der Waals surface area contributed by atoms with E-state index >= 15 is 0 Å². The number of ether oxygens (including phenoxy) is 1. The average Bonchev–Trinajstić information content (AvgIpc) is 2.59. The molecule has 0 aliphatic carbocycles. The Bertz CT molecular complexity index is 906. The molecule has 0 spiro atoms. The smallest absolute Gasteiger partial charge is 0.219 e. The van der Waals surface area contributed by atoms with Crippen LogP contribution in [-0.4, -0.2) is 15.0 Å². The van der Waals surface area contributed by atoms with Gasteiger partial charge in [0.15, 0.2) is 0 Å². The lowest BCUT2D eigenvalue weighted by Crippen LogP contribution is -2.06. The molecule has 3 rings (SSSR count). The van der Waals surface area contributed by atoms with Crippen LogP contribution in [0.25, 0.3) is 11.1 Å². The number of anilines is 1. The Labute approximate surface area is 153 Å². The standard InChI is InChI=1S/C17H13Cl2FN4O/c1-9(15-13(18)2-3-14(20)16(15)19)25-12-4-10(5-22-8-12)11-6-23-17(21)24-7-11/h2-9H,1H3,(H2,21,23,24)/t9-/m1/s1. The fourth-order valence-corrected chi connectivity index (χ4v) is 2.98. The van der Waals surface area contributed by atoms with Crippen molar-refractivity contribution in [1.82, 2.24) is 15.0 Å². The van der Waals surface area contributed by atoms with Crippen molar-refractivity contribution in [3.8, 4) is 16.9 Å². The Kier molecular flexibility index (Phi) is 5.01. The Morgan fingerprint density at radius 1 is 1.08 bits per heavy atom. The Morgan fingerprint density at radius 3 is 2.52 bits per heavy atom. The van der Waals surface area contributed by atoms with E-state index in [9.17, 15) is 4.39 Å². The third-order valence-electron chi connectivity index (χ3n) is 3.52. The molecule has 3 aromatic rings. The van der Waals surface area contributed by atoms with E-state index in [2.05, 4.69) is 15.0 Å². The summed E-state index contributed by atoms with van der Waals surface area (Å²) >= 11 is 12.1. The molecule has 0 radical (unpaired) electrons. The van der Waals surface area contributed by atoms with Gasteiger partial charge in [0.2, 0.25) is 5.95 Å². The highest BCUT2D eigenvalue weighted by molar-refractivity contribution is 6.36. The van der Waals surface area contributed by atoms with Gasteiger partial charge in [-0.1, -0.05) is 23.2 Å². The van der Waals surface area contributed by atoms with E-state index in [0.717, 1.165) is 11.1 Å². The molecule has 25 heavy (non-hydrogen) atoms. The summed E-state index contributed by atoms with van der Waals surface area (Å²) in [5.74, 6) is 0.105. The number of rotatable bonds is 4. The average molecular weight is 379 g/mol. The summed E-state index contributed by atoms with van der Waals surface area (Å²) in [5, 5.41) is 0.269. The molecule has 1 atom stereocenters. The van der Waals surface area contributed by atoms with Crippen LogP contribution in [0.2, 0.25) is 10.0 Å². The maximum absolute atomic E-state index is 13.7. The van der Waals surface area contributed by atoms with E-state index in [4.69, 9.17) is 33.7 Å². The number of hydrogen-bond donors (Lipinski definition) is 1. The van der Waals surface area contributed by atoms with E-state index in [1.54, 1.807) is 37.8 Å². The van der Waals surface area contributed by atoms with Crippen LogP contribution in [0.5, 0.6) is 5.75 Å². The number of nitrogens with zero attached hydrogens (tertiary/aromatic N) is 3. The predicted molar refractivity (Wildman–Crippen MR) is 95.1 cm³/mol. The summed E-state index contributed by atoms with van der Waals surface area (Å²) < 4.78 is 19.5. The highest BCUT2D eigenvalue weighted by Gasteiger charge is 2.19. The quantitative estimate of drug-likeness (QED) is 0.665. The topological polar surface area (TPSA) is 73.9 Å². The van der Waals surface area contributed by atoms with Crippen LogP contribution in [0.3, 0.4) is 0 Å². The predicted octanol–water partition coefficient (Wildman–Crippen LogP) is 4.71. The van der Waals surface area contributed by atoms with Gasteiger partial charge in [0.05, 0.1) is 11.2 Å². The lowest BCUT2D eigenvalue weighted by Gasteiger charge is -2.18. The summed E-state index contributed by atoms with van der Waals surface area (Å²) in [6, 6.07) is 4.42. The summed E-state index contributed by atoms with van der Waals surface area (Å²) in [4.78, 5) is 12.0. The first-order chi connectivity index (χ1) is 12.0. The molecule has 5 nitrogen and oxygen atoms in total. The number of benzene rings is 1. The lowest BCUT2D eigenvalue weighted by atomic mass is 10.1. The normalized spacial score (nSPS) is 12.0. The third kappa shape index (κ3) is 3.81. The van der Waals surface area contributed by atoms with Gasteiger partial charge >= 0.3 is 0 Å². The van der Waals surface area contributed by atoms with Crippen LogP contribution >= 0.6 is 23.2 Å². The van der Waals surface area contributed by atoms with Crippen molar-refractivity contribution in [3.05, 3.63) is 64.4 Å². The first kappa shape index (κ1) is 17.4. The first-order valence-electron chi connectivity index (χ1n) is 7.28. The van der Waals surface area contributed by atoms with Crippen molar-refractivity contribution >= 4 is 29.2 Å². The SMILES string of the molecule is C[C@@H](Oc1cncc(-c2cnc(N)nc2)c1)c1c(Cl)ccc(F)c1Cl. The highest BCUT2D eigenvalue weighted by Crippen LogP contribution is 2.35. The van der Waals surface area contributed by atoms with Crippen LogP contribution < -0.4 is 10.5 Å². The number of aromatic nitrogens is 3. The summed E-state index contributed by atoms with van der Waals surface area (Å²) in [6.07, 6.45) is 5.79. The van der Waals surface area contributed by atoms with Gasteiger partial charge in [-0.3, -0.25) is 4.98 Å². The van der Waals surface area contributed by atoms with Gasteiger partial charge in [0.1, 0.15) is 17.7 Å². The van der Waals surface area contributed by atoms with Gasteiger partial charge < -0.3 is 10.5 Å². The van der Waals surface area contributed by atoms with E-state index in [0.29, 0.717) is 16.3 Å². The minimum absolute atomic E-state index is 0.0592. The molecule has 2 N–H and O–H groups in total. The fourth-order valence-electron chi connectivity index (χ4n) is 2.31. The molecule has 8 heteroatoms. The first-order valence-corrected chi connectivity index (χ1v) is 8.04. The van der Waals surface area contributed by atoms with Gasteiger partial charge in [-0.25, -0.2) is 14.4 Å². The number of pyridine rings is 1. The zero-order valence-electron chi connectivity index (χ0n) is 13.1. The van der Waals surface area contributed by atoms with Crippen LogP contribution in [0, 0.1) is 5.82 Å². The number of nitrogens with two attached hydrogens (primary N) is 1. The largest absolute Gasteiger partial charge is 0.484 e. The molecule has 0 aliphatic heterocycles. The van der Waals surface area contributed by atoms with Gasteiger partial charge in [-0.05, 0) is 25.1 Å². The van der Waals surface area contributed by atoms with Crippen LogP contribution in [0.1, 0.15) is 18.6 Å². The van der Waals surface area contributed by atoms with E-state index in [1.807, 2.05) is 0 Å².